The maximum Gasteiger partial charge on any atom is 0.303 e. The van der Waals surface area contributed by atoms with Gasteiger partial charge in [0.2, 0.25) is 0 Å². The highest BCUT2D eigenvalue weighted by Crippen LogP contribution is 2.40. The Labute approximate surface area is 116 Å². The summed E-state index contributed by atoms with van der Waals surface area (Å²) in [6.07, 6.45) is 2.03. The molecule has 0 saturated heterocycles. The van der Waals surface area contributed by atoms with E-state index >= 15 is 0 Å². The highest BCUT2D eigenvalue weighted by Gasteiger charge is 2.41. The Bertz CT molecular complexity index is 358. The average molecular weight is 291 g/mol. The molecule has 104 valence electrons. The third-order valence-electron chi connectivity index (χ3n) is 3.66. The number of ether oxygens (including phenoxy) is 1. The van der Waals surface area contributed by atoms with E-state index in [0.29, 0.717) is 11.5 Å². The van der Waals surface area contributed by atoms with E-state index in [4.69, 9.17) is 20.8 Å². The summed E-state index contributed by atoms with van der Waals surface area (Å²) in [4.78, 5) is 10.9. The van der Waals surface area contributed by atoms with Gasteiger partial charge >= 0.3 is 5.97 Å². The molecule has 0 aromatic rings. The summed E-state index contributed by atoms with van der Waals surface area (Å²) >= 11 is 6.18. The van der Waals surface area contributed by atoms with Crippen LogP contribution in [0.15, 0.2) is 11.1 Å². The van der Waals surface area contributed by atoms with Crippen LogP contribution in [0.25, 0.3) is 0 Å². The van der Waals surface area contributed by atoms with E-state index in [1.165, 1.54) is 6.92 Å². The van der Waals surface area contributed by atoms with Gasteiger partial charge in [0, 0.05) is 18.4 Å². The molecule has 5 heteroatoms. The van der Waals surface area contributed by atoms with Crippen molar-refractivity contribution in [1.29, 1.82) is 0 Å². The molecule has 2 atom stereocenters. The van der Waals surface area contributed by atoms with Crippen molar-refractivity contribution in [1.82, 2.24) is 0 Å². The fraction of sp³-hybridized carbons (Fsp3) is 0.769. The summed E-state index contributed by atoms with van der Waals surface area (Å²) in [5.41, 5.74) is 0. The van der Waals surface area contributed by atoms with Crippen LogP contribution in [0.4, 0.5) is 0 Å². The summed E-state index contributed by atoms with van der Waals surface area (Å²) in [7, 11) is -1.85. The molecule has 18 heavy (non-hydrogen) atoms. The molecule has 0 radical (unpaired) electrons. The van der Waals surface area contributed by atoms with Crippen molar-refractivity contribution in [3.8, 4) is 0 Å². The molecule has 0 bridgehead atoms. The lowest BCUT2D eigenvalue weighted by Crippen LogP contribution is -2.43. The molecule has 3 nitrogen and oxygen atoms in total. The summed E-state index contributed by atoms with van der Waals surface area (Å²) in [5.74, 6) is -0.284. The van der Waals surface area contributed by atoms with Crippen LogP contribution >= 0.6 is 11.6 Å². The first-order valence-electron chi connectivity index (χ1n) is 6.25. The molecule has 0 aromatic carbocycles. The zero-order chi connectivity index (χ0) is 14.1. The number of carbonyl (C=O) groups is 1. The first-order valence-corrected chi connectivity index (χ1v) is 9.54. The van der Waals surface area contributed by atoms with Crippen LogP contribution < -0.4 is 0 Å². The first kappa shape index (κ1) is 15.7. The Kier molecular flexibility index (Phi) is 4.68. The predicted octanol–water partition coefficient (Wildman–Crippen LogP) is 3.83. The molecule has 0 heterocycles. The van der Waals surface area contributed by atoms with Crippen LogP contribution in [0.1, 0.15) is 34.1 Å². The van der Waals surface area contributed by atoms with Gasteiger partial charge in [0.1, 0.15) is 6.10 Å². The predicted molar refractivity (Wildman–Crippen MR) is 76.2 cm³/mol. The standard InChI is InChI=1S/C13H23ClO3Si/c1-9(15)16-10-7-11(14)12(8-10)17-18(5,6)13(2,3)4/h7,10,12H,8H2,1-6H3. The van der Waals surface area contributed by atoms with Crippen LogP contribution in [-0.4, -0.2) is 26.5 Å². The van der Waals surface area contributed by atoms with Gasteiger partial charge in [-0.3, -0.25) is 4.79 Å². The molecule has 0 aromatic heterocycles. The molecule has 1 aliphatic carbocycles. The van der Waals surface area contributed by atoms with Gasteiger partial charge in [-0.15, -0.1) is 0 Å². The van der Waals surface area contributed by atoms with Gasteiger partial charge in [-0.1, -0.05) is 32.4 Å². The zero-order valence-corrected chi connectivity index (χ0v) is 13.8. The van der Waals surface area contributed by atoms with Gasteiger partial charge < -0.3 is 9.16 Å². The lowest BCUT2D eigenvalue weighted by atomic mass is 10.2. The Morgan fingerprint density at radius 1 is 1.44 bits per heavy atom. The van der Waals surface area contributed by atoms with Gasteiger partial charge in [-0.2, -0.15) is 0 Å². The van der Waals surface area contributed by atoms with E-state index in [0.717, 1.165) is 0 Å². The first-order chi connectivity index (χ1) is 8.03. The Balaban J connectivity index is 2.66. The molecule has 1 rings (SSSR count). The summed E-state index contributed by atoms with van der Waals surface area (Å²) < 4.78 is 11.4. The highest BCUT2D eigenvalue weighted by atomic mass is 35.5. The Hall–Kier alpha value is -0.323. The number of halogens is 1. The molecule has 0 aliphatic heterocycles. The second-order valence-corrected chi connectivity index (χ2v) is 11.5. The molecular formula is C13H23ClO3Si. The monoisotopic (exact) mass is 290 g/mol. The van der Waals surface area contributed by atoms with Crippen LogP contribution in [0, 0.1) is 0 Å². The van der Waals surface area contributed by atoms with Crippen LogP contribution in [0.3, 0.4) is 0 Å². The lowest BCUT2D eigenvalue weighted by molar-refractivity contribution is -0.144. The zero-order valence-electron chi connectivity index (χ0n) is 12.0. The van der Waals surface area contributed by atoms with Crippen molar-refractivity contribution in [2.45, 2.75) is 64.5 Å². The third-order valence-corrected chi connectivity index (χ3v) is 8.52. The second-order valence-electron chi connectivity index (χ2n) is 6.30. The normalized spacial score (nSPS) is 24.9. The Morgan fingerprint density at radius 3 is 2.44 bits per heavy atom. The van der Waals surface area contributed by atoms with Crippen LogP contribution in [-0.2, 0) is 14.0 Å². The fourth-order valence-corrected chi connectivity index (χ4v) is 3.25. The van der Waals surface area contributed by atoms with Crippen molar-refractivity contribution in [3.05, 3.63) is 11.1 Å². The van der Waals surface area contributed by atoms with Crippen LogP contribution in [0.5, 0.6) is 0 Å². The molecule has 0 fully saturated rings. The molecule has 1 aliphatic rings. The minimum Gasteiger partial charge on any atom is -0.458 e. The van der Waals surface area contributed by atoms with Crippen molar-refractivity contribution in [2.24, 2.45) is 0 Å². The number of hydrogen-bond acceptors (Lipinski definition) is 3. The SMILES string of the molecule is CC(=O)OC1C=C(Cl)C(O[Si](C)(C)C(C)(C)C)C1. The van der Waals surface area contributed by atoms with Gasteiger partial charge in [0.25, 0.3) is 0 Å². The van der Waals surface area contributed by atoms with E-state index in [1.807, 2.05) is 0 Å². The number of esters is 1. The highest BCUT2D eigenvalue weighted by molar-refractivity contribution is 6.74. The van der Waals surface area contributed by atoms with Crippen molar-refractivity contribution in [3.63, 3.8) is 0 Å². The van der Waals surface area contributed by atoms with Gasteiger partial charge in [0.15, 0.2) is 8.32 Å². The summed E-state index contributed by atoms with van der Waals surface area (Å²) in [5, 5.41) is 0.801. The van der Waals surface area contributed by atoms with Crippen molar-refractivity contribution in [2.75, 3.05) is 0 Å². The summed E-state index contributed by atoms with van der Waals surface area (Å²) in [6.45, 7) is 12.4. The van der Waals surface area contributed by atoms with E-state index in [1.54, 1.807) is 6.08 Å². The molecule has 0 amide bonds. The molecule has 0 N–H and O–H groups in total. The van der Waals surface area contributed by atoms with Gasteiger partial charge in [-0.05, 0) is 24.2 Å². The van der Waals surface area contributed by atoms with E-state index in [-0.39, 0.29) is 23.2 Å². The number of hydrogen-bond donors (Lipinski definition) is 0. The second kappa shape index (κ2) is 5.35. The molecular weight excluding hydrogens is 268 g/mol. The van der Waals surface area contributed by atoms with Crippen LogP contribution in [0.2, 0.25) is 18.1 Å². The quantitative estimate of drug-likeness (QED) is 0.585. The van der Waals surface area contributed by atoms with Gasteiger partial charge in [0.05, 0.1) is 6.10 Å². The summed E-state index contributed by atoms with van der Waals surface area (Å²) in [6, 6.07) is 0. The van der Waals surface area contributed by atoms with Crippen molar-refractivity contribution >= 4 is 25.9 Å². The largest absolute Gasteiger partial charge is 0.458 e. The molecule has 0 saturated carbocycles. The lowest BCUT2D eigenvalue weighted by Gasteiger charge is -2.38. The van der Waals surface area contributed by atoms with E-state index in [9.17, 15) is 4.79 Å². The minimum absolute atomic E-state index is 0.128. The van der Waals surface area contributed by atoms with Gasteiger partial charge in [-0.25, -0.2) is 0 Å². The average Bonchev–Trinajstić information content (AvgIpc) is 2.42. The Morgan fingerprint density at radius 2 is 2.00 bits per heavy atom. The molecule has 0 spiro atoms. The smallest absolute Gasteiger partial charge is 0.303 e. The third kappa shape index (κ3) is 3.83. The fourth-order valence-electron chi connectivity index (χ4n) is 1.61. The maximum absolute atomic E-state index is 10.9. The maximum atomic E-state index is 10.9. The van der Waals surface area contributed by atoms with Crippen molar-refractivity contribution < 1.29 is 14.0 Å². The molecule has 2 unspecified atom stereocenters. The topological polar surface area (TPSA) is 35.5 Å². The number of carbonyl (C=O) groups excluding carboxylic acids is 1. The number of rotatable bonds is 3. The van der Waals surface area contributed by atoms with E-state index < -0.39 is 8.32 Å². The van der Waals surface area contributed by atoms with E-state index in [2.05, 4.69) is 33.9 Å². The minimum atomic E-state index is -1.85.